The van der Waals surface area contributed by atoms with Gasteiger partial charge in [0.1, 0.15) is 5.75 Å². The fourth-order valence-corrected chi connectivity index (χ4v) is 6.80. The summed E-state index contributed by atoms with van der Waals surface area (Å²) in [5, 5.41) is 6.76. The zero-order chi connectivity index (χ0) is 19.7. The van der Waals surface area contributed by atoms with E-state index >= 15 is 0 Å². The SMILES string of the molecule is COc1ccc(NC(=O)c2ccc(NC3=N[C@@H]4CS(=O)(=O)C[C@@H]4S3)cc2)cc1. The van der Waals surface area contributed by atoms with Crippen LogP contribution in [-0.4, -0.2) is 49.4 Å². The number of benzene rings is 2. The molecule has 2 aliphatic rings. The Bertz CT molecular complexity index is 1020. The van der Waals surface area contributed by atoms with Gasteiger partial charge in [-0.25, -0.2) is 8.42 Å². The third kappa shape index (κ3) is 4.15. The molecule has 2 aromatic carbocycles. The molecule has 0 saturated carbocycles. The van der Waals surface area contributed by atoms with Gasteiger partial charge >= 0.3 is 0 Å². The van der Waals surface area contributed by atoms with Gasteiger partial charge in [0.05, 0.1) is 24.7 Å². The van der Waals surface area contributed by atoms with Gasteiger partial charge in [-0.1, -0.05) is 11.8 Å². The number of carbonyl (C=O) groups excluding carboxylic acids is 1. The average Bonchev–Trinajstić information content (AvgIpc) is 3.15. The monoisotopic (exact) mass is 417 g/mol. The molecule has 9 heteroatoms. The fraction of sp³-hybridized carbons (Fsp3) is 0.263. The maximum Gasteiger partial charge on any atom is 0.255 e. The summed E-state index contributed by atoms with van der Waals surface area (Å²) in [5.74, 6) is 0.828. The van der Waals surface area contributed by atoms with Gasteiger partial charge in [0.15, 0.2) is 15.0 Å². The number of anilines is 2. The quantitative estimate of drug-likeness (QED) is 0.794. The molecule has 2 N–H and O–H groups in total. The van der Waals surface area contributed by atoms with E-state index in [1.54, 1.807) is 55.6 Å². The van der Waals surface area contributed by atoms with Gasteiger partial charge in [-0.15, -0.1) is 0 Å². The summed E-state index contributed by atoms with van der Waals surface area (Å²) in [6.07, 6.45) is 0. The lowest BCUT2D eigenvalue weighted by Gasteiger charge is -2.09. The van der Waals surface area contributed by atoms with Crippen LogP contribution < -0.4 is 15.4 Å². The Morgan fingerprint density at radius 2 is 1.75 bits per heavy atom. The van der Waals surface area contributed by atoms with E-state index in [9.17, 15) is 13.2 Å². The molecule has 146 valence electrons. The minimum absolute atomic E-state index is 0.00190. The van der Waals surface area contributed by atoms with E-state index in [2.05, 4.69) is 15.6 Å². The van der Waals surface area contributed by atoms with Crippen LogP contribution in [0.25, 0.3) is 0 Å². The number of ether oxygens (including phenoxy) is 1. The van der Waals surface area contributed by atoms with Gasteiger partial charge in [0.25, 0.3) is 5.91 Å². The smallest absolute Gasteiger partial charge is 0.255 e. The number of nitrogens with one attached hydrogen (secondary N) is 2. The number of carbonyl (C=O) groups is 1. The van der Waals surface area contributed by atoms with Crippen molar-refractivity contribution in [3.05, 3.63) is 54.1 Å². The second kappa shape index (κ2) is 7.48. The Labute approximate surface area is 167 Å². The van der Waals surface area contributed by atoms with E-state index in [1.165, 1.54) is 11.8 Å². The minimum Gasteiger partial charge on any atom is -0.497 e. The van der Waals surface area contributed by atoms with Crippen molar-refractivity contribution in [3.8, 4) is 5.75 Å². The first-order valence-corrected chi connectivity index (χ1v) is 11.4. The molecule has 2 aliphatic heterocycles. The van der Waals surface area contributed by atoms with Crippen molar-refractivity contribution in [1.82, 2.24) is 0 Å². The number of amides is 1. The van der Waals surface area contributed by atoms with Crippen molar-refractivity contribution in [1.29, 1.82) is 0 Å². The van der Waals surface area contributed by atoms with Crippen molar-refractivity contribution >= 4 is 44.0 Å². The molecule has 1 amide bonds. The number of methoxy groups -OCH3 is 1. The molecule has 0 unspecified atom stereocenters. The number of rotatable bonds is 4. The van der Waals surface area contributed by atoms with Crippen molar-refractivity contribution in [2.75, 3.05) is 29.2 Å². The van der Waals surface area contributed by atoms with Crippen molar-refractivity contribution in [2.24, 2.45) is 4.99 Å². The molecule has 4 rings (SSSR count). The highest BCUT2D eigenvalue weighted by molar-refractivity contribution is 8.15. The molecule has 2 aromatic rings. The Morgan fingerprint density at radius 1 is 1.07 bits per heavy atom. The van der Waals surface area contributed by atoms with Crippen LogP contribution >= 0.6 is 11.8 Å². The molecule has 28 heavy (non-hydrogen) atoms. The van der Waals surface area contributed by atoms with Crippen LogP contribution in [0.15, 0.2) is 53.5 Å². The maximum atomic E-state index is 12.4. The predicted octanol–water partition coefficient (Wildman–Crippen LogP) is 2.63. The lowest BCUT2D eigenvalue weighted by atomic mass is 10.2. The van der Waals surface area contributed by atoms with Gasteiger partial charge in [0.2, 0.25) is 0 Å². The van der Waals surface area contributed by atoms with Gasteiger partial charge in [0, 0.05) is 22.2 Å². The first-order chi connectivity index (χ1) is 13.4. The van der Waals surface area contributed by atoms with E-state index in [1.807, 2.05) is 0 Å². The van der Waals surface area contributed by atoms with Crippen LogP contribution in [-0.2, 0) is 9.84 Å². The lowest BCUT2D eigenvalue weighted by Crippen LogP contribution is -2.13. The molecule has 7 nitrogen and oxygen atoms in total. The molecule has 1 saturated heterocycles. The largest absolute Gasteiger partial charge is 0.497 e. The molecule has 2 heterocycles. The van der Waals surface area contributed by atoms with E-state index in [-0.39, 0.29) is 28.7 Å². The van der Waals surface area contributed by atoms with Crippen LogP contribution in [0.5, 0.6) is 5.75 Å². The summed E-state index contributed by atoms with van der Waals surface area (Å²) in [6, 6.07) is 14.0. The highest BCUT2D eigenvalue weighted by atomic mass is 32.2. The molecule has 0 aliphatic carbocycles. The zero-order valence-electron chi connectivity index (χ0n) is 15.1. The van der Waals surface area contributed by atoms with Gasteiger partial charge in [-0.05, 0) is 48.5 Å². The predicted molar refractivity (Wildman–Crippen MR) is 112 cm³/mol. The van der Waals surface area contributed by atoms with E-state index in [0.29, 0.717) is 11.3 Å². The third-order valence-corrected chi connectivity index (χ3v) is 7.71. The summed E-state index contributed by atoms with van der Waals surface area (Å²) in [4.78, 5) is 16.8. The second-order valence-corrected chi connectivity index (χ2v) is 10.0. The Morgan fingerprint density at radius 3 is 2.39 bits per heavy atom. The number of fused-ring (bicyclic) bond motifs is 1. The summed E-state index contributed by atoms with van der Waals surface area (Å²) in [6.45, 7) is 0. The van der Waals surface area contributed by atoms with Crippen molar-refractivity contribution in [2.45, 2.75) is 11.3 Å². The summed E-state index contributed by atoms with van der Waals surface area (Å²) in [5.41, 5.74) is 2.02. The molecule has 2 atom stereocenters. The highest BCUT2D eigenvalue weighted by Gasteiger charge is 2.42. The Kier molecular flexibility index (Phi) is 5.03. The number of aliphatic imine (C=N–C) groups is 1. The second-order valence-electron chi connectivity index (χ2n) is 6.62. The fourth-order valence-electron chi connectivity index (χ4n) is 3.12. The number of thioether (sulfide) groups is 1. The van der Waals surface area contributed by atoms with Gasteiger partial charge in [-0.3, -0.25) is 9.79 Å². The molecule has 0 radical (unpaired) electrons. The van der Waals surface area contributed by atoms with E-state index in [4.69, 9.17) is 4.74 Å². The number of sulfone groups is 1. The Balaban J connectivity index is 1.37. The summed E-state index contributed by atoms with van der Waals surface area (Å²) in [7, 11) is -1.36. The third-order valence-electron chi connectivity index (χ3n) is 4.56. The molecule has 0 bridgehead atoms. The van der Waals surface area contributed by atoms with Crippen molar-refractivity contribution in [3.63, 3.8) is 0 Å². The summed E-state index contributed by atoms with van der Waals surface area (Å²) < 4.78 is 28.4. The van der Waals surface area contributed by atoms with Crippen LogP contribution in [0.1, 0.15) is 10.4 Å². The van der Waals surface area contributed by atoms with Gasteiger partial charge < -0.3 is 15.4 Å². The summed E-state index contributed by atoms with van der Waals surface area (Å²) >= 11 is 1.46. The van der Waals surface area contributed by atoms with Crippen molar-refractivity contribution < 1.29 is 17.9 Å². The minimum atomic E-state index is -2.95. The number of hydrogen-bond acceptors (Lipinski definition) is 7. The average molecular weight is 418 g/mol. The number of nitrogens with zero attached hydrogens (tertiary/aromatic N) is 1. The molecular weight excluding hydrogens is 398 g/mol. The first kappa shape index (κ1) is 18.8. The van der Waals surface area contributed by atoms with Crippen LogP contribution in [0.4, 0.5) is 11.4 Å². The first-order valence-electron chi connectivity index (χ1n) is 8.69. The topological polar surface area (TPSA) is 96.9 Å². The molecule has 1 fully saturated rings. The highest BCUT2D eigenvalue weighted by Crippen LogP contribution is 2.34. The standard InChI is InChI=1S/C19H19N3O4S2/c1-26-15-8-6-13(7-9-15)20-18(23)12-2-4-14(5-3-12)21-19-22-16-10-28(24,25)11-17(16)27-19/h2-9,16-17H,10-11H2,1H3,(H,20,23)(H,21,22)/t16-,17+/m1/s1. The maximum absolute atomic E-state index is 12.4. The zero-order valence-corrected chi connectivity index (χ0v) is 16.7. The molecular formula is C19H19N3O4S2. The van der Waals surface area contributed by atoms with E-state index < -0.39 is 9.84 Å². The number of amidine groups is 1. The van der Waals surface area contributed by atoms with Crippen LogP contribution in [0, 0.1) is 0 Å². The molecule has 0 spiro atoms. The van der Waals surface area contributed by atoms with Gasteiger partial charge in [-0.2, -0.15) is 0 Å². The van der Waals surface area contributed by atoms with Crippen LogP contribution in [0.3, 0.4) is 0 Å². The normalized spacial score (nSPS) is 22.2. The number of hydrogen-bond donors (Lipinski definition) is 2. The van der Waals surface area contributed by atoms with E-state index in [0.717, 1.165) is 16.6 Å². The lowest BCUT2D eigenvalue weighted by molar-refractivity contribution is 0.102. The Hall–Kier alpha value is -2.52. The van der Waals surface area contributed by atoms with Crippen LogP contribution in [0.2, 0.25) is 0 Å². The molecule has 0 aromatic heterocycles.